The van der Waals surface area contributed by atoms with Gasteiger partial charge < -0.3 is 10.6 Å². The van der Waals surface area contributed by atoms with Gasteiger partial charge in [-0.1, -0.05) is 41.8 Å². The van der Waals surface area contributed by atoms with Crippen LogP contribution in [0.4, 0.5) is 0 Å². The molecule has 0 aliphatic heterocycles. The second-order valence-electron chi connectivity index (χ2n) is 4.46. The molecule has 0 spiro atoms. The molecule has 1 unspecified atom stereocenters. The molecule has 1 atom stereocenters. The predicted octanol–water partition coefficient (Wildman–Crippen LogP) is 2.32. The molecule has 0 bridgehead atoms. The summed E-state index contributed by atoms with van der Waals surface area (Å²) in [6.45, 7) is 6.23. The molecule has 0 saturated heterocycles. The molecule has 1 aliphatic rings. The van der Waals surface area contributed by atoms with Gasteiger partial charge in [0, 0.05) is 17.1 Å². The molecule has 0 heterocycles. The number of carbonyl (C=O) groups is 1. The molecular formula is C12H21BrN2O. The van der Waals surface area contributed by atoms with Crippen LogP contribution < -0.4 is 10.6 Å². The molecule has 16 heavy (non-hydrogen) atoms. The summed E-state index contributed by atoms with van der Waals surface area (Å²) in [6, 6.07) is 0.230. The van der Waals surface area contributed by atoms with E-state index in [-0.39, 0.29) is 11.9 Å². The zero-order chi connectivity index (χ0) is 12.0. The van der Waals surface area contributed by atoms with Crippen molar-refractivity contribution in [2.24, 2.45) is 0 Å². The Morgan fingerprint density at radius 3 is 2.62 bits per heavy atom. The average Bonchev–Trinajstić information content (AvgIpc) is 2.27. The Morgan fingerprint density at radius 1 is 1.44 bits per heavy atom. The summed E-state index contributed by atoms with van der Waals surface area (Å²) in [7, 11) is 0. The fourth-order valence-corrected chi connectivity index (χ4v) is 2.09. The van der Waals surface area contributed by atoms with Crippen LogP contribution in [-0.4, -0.2) is 24.5 Å². The van der Waals surface area contributed by atoms with Crippen molar-refractivity contribution in [1.82, 2.24) is 10.6 Å². The van der Waals surface area contributed by atoms with Gasteiger partial charge in [-0.25, -0.2) is 0 Å². The fraction of sp³-hybridized carbons (Fsp3) is 0.750. The van der Waals surface area contributed by atoms with E-state index in [1.54, 1.807) is 0 Å². The summed E-state index contributed by atoms with van der Waals surface area (Å²) < 4.78 is 0.866. The second kappa shape index (κ2) is 7.07. The Morgan fingerprint density at radius 2 is 2.06 bits per heavy atom. The first-order valence-electron chi connectivity index (χ1n) is 5.96. The molecule has 4 heteroatoms. The summed E-state index contributed by atoms with van der Waals surface area (Å²) in [5, 5.41) is 6.21. The lowest BCUT2D eigenvalue weighted by Gasteiger charge is -2.24. The first kappa shape index (κ1) is 13.7. The van der Waals surface area contributed by atoms with Gasteiger partial charge in [0.25, 0.3) is 0 Å². The average molecular weight is 289 g/mol. The van der Waals surface area contributed by atoms with Crippen molar-refractivity contribution in [3.63, 3.8) is 0 Å². The van der Waals surface area contributed by atoms with Gasteiger partial charge in [0.2, 0.25) is 5.91 Å². The summed E-state index contributed by atoms with van der Waals surface area (Å²) in [5.74, 6) is 0.0978. The van der Waals surface area contributed by atoms with Gasteiger partial charge in [-0.3, -0.25) is 4.79 Å². The maximum Gasteiger partial charge on any atom is 0.237 e. The van der Waals surface area contributed by atoms with Crippen LogP contribution in [0.5, 0.6) is 0 Å². The molecule has 0 radical (unpaired) electrons. The maximum absolute atomic E-state index is 11.8. The van der Waals surface area contributed by atoms with Crippen LogP contribution in [-0.2, 0) is 4.79 Å². The quantitative estimate of drug-likeness (QED) is 0.815. The molecule has 0 aromatic rings. The van der Waals surface area contributed by atoms with Crippen molar-refractivity contribution in [1.29, 1.82) is 0 Å². The van der Waals surface area contributed by atoms with E-state index in [0.717, 1.165) is 17.3 Å². The zero-order valence-corrected chi connectivity index (χ0v) is 11.5. The van der Waals surface area contributed by atoms with Crippen LogP contribution in [0.25, 0.3) is 0 Å². The van der Waals surface area contributed by atoms with E-state index in [9.17, 15) is 4.79 Å². The lowest BCUT2D eigenvalue weighted by molar-refractivity contribution is -0.123. The Labute approximate surface area is 106 Å². The van der Waals surface area contributed by atoms with Crippen molar-refractivity contribution in [2.75, 3.05) is 6.54 Å². The highest BCUT2D eigenvalue weighted by Gasteiger charge is 2.18. The van der Waals surface area contributed by atoms with Crippen LogP contribution in [0, 0.1) is 0 Å². The molecule has 2 N–H and O–H groups in total. The number of carbonyl (C=O) groups excluding carboxylic acids is 1. The smallest absolute Gasteiger partial charge is 0.237 e. The normalized spacial score (nSPS) is 19.1. The van der Waals surface area contributed by atoms with Gasteiger partial charge >= 0.3 is 0 Å². The summed E-state index contributed by atoms with van der Waals surface area (Å²) in [4.78, 5) is 11.8. The topological polar surface area (TPSA) is 41.1 Å². The molecule has 1 rings (SSSR count). The molecule has 3 nitrogen and oxygen atoms in total. The van der Waals surface area contributed by atoms with Crippen molar-refractivity contribution < 1.29 is 4.79 Å². The summed E-state index contributed by atoms with van der Waals surface area (Å²) in [5.41, 5.74) is 0. The Hall–Kier alpha value is -0.350. The van der Waals surface area contributed by atoms with Crippen molar-refractivity contribution in [3.8, 4) is 0 Å². The Kier molecular flexibility index (Phi) is 6.06. The van der Waals surface area contributed by atoms with E-state index in [2.05, 4.69) is 33.1 Å². The highest BCUT2D eigenvalue weighted by atomic mass is 79.9. The zero-order valence-electron chi connectivity index (χ0n) is 9.89. The van der Waals surface area contributed by atoms with E-state index < -0.39 is 0 Å². The first-order chi connectivity index (χ1) is 7.59. The molecule has 1 aliphatic carbocycles. The second-order valence-corrected chi connectivity index (χ2v) is 5.58. The van der Waals surface area contributed by atoms with E-state index in [0.29, 0.717) is 12.6 Å². The van der Waals surface area contributed by atoms with Crippen LogP contribution in [0.15, 0.2) is 11.1 Å². The van der Waals surface area contributed by atoms with Crippen LogP contribution in [0.2, 0.25) is 0 Å². The van der Waals surface area contributed by atoms with Crippen molar-refractivity contribution in [2.45, 2.75) is 51.1 Å². The number of nitrogens with one attached hydrogen (secondary N) is 2. The number of amides is 1. The molecule has 0 aromatic heterocycles. The van der Waals surface area contributed by atoms with Gasteiger partial charge in [-0.05, 0) is 19.8 Å². The number of hydrogen-bond donors (Lipinski definition) is 2. The lowest BCUT2D eigenvalue weighted by Crippen LogP contribution is -2.47. The minimum Gasteiger partial charge on any atom is -0.352 e. The molecular weight excluding hydrogens is 268 g/mol. The third-order valence-electron chi connectivity index (χ3n) is 2.94. The Bertz CT molecular complexity index is 249. The van der Waals surface area contributed by atoms with E-state index in [1.807, 2.05) is 6.92 Å². The van der Waals surface area contributed by atoms with Gasteiger partial charge in [-0.15, -0.1) is 0 Å². The molecule has 92 valence electrons. The summed E-state index contributed by atoms with van der Waals surface area (Å²) >= 11 is 3.26. The predicted molar refractivity (Wildman–Crippen MR) is 70.5 cm³/mol. The third-order valence-corrected chi connectivity index (χ3v) is 3.23. The van der Waals surface area contributed by atoms with Crippen LogP contribution in [0.3, 0.4) is 0 Å². The van der Waals surface area contributed by atoms with Gasteiger partial charge in [0.15, 0.2) is 0 Å². The molecule has 1 saturated carbocycles. The lowest BCUT2D eigenvalue weighted by atomic mass is 9.95. The number of halogens is 1. The minimum atomic E-state index is -0.156. The van der Waals surface area contributed by atoms with E-state index in [1.165, 1.54) is 19.3 Å². The van der Waals surface area contributed by atoms with Crippen molar-refractivity contribution in [3.05, 3.63) is 11.1 Å². The number of hydrogen-bond acceptors (Lipinski definition) is 2. The van der Waals surface area contributed by atoms with Crippen LogP contribution in [0.1, 0.15) is 39.0 Å². The highest BCUT2D eigenvalue weighted by molar-refractivity contribution is 9.11. The standard InChI is InChI=1S/C12H21BrN2O/c1-9(13)8-14-10(2)12(16)15-11-6-4-3-5-7-11/h10-11,14H,1,3-8H2,2H3,(H,15,16). The third kappa shape index (κ3) is 5.12. The fourth-order valence-electron chi connectivity index (χ4n) is 1.93. The first-order valence-corrected chi connectivity index (χ1v) is 6.76. The Balaban J connectivity index is 2.24. The van der Waals surface area contributed by atoms with Gasteiger partial charge in [0.05, 0.1) is 6.04 Å². The SMILES string of the molecule is C=C(Br)CNC(C)C(=O)NC1CCCCC1. The monoisotopic (exact) mass is 288 g/mol. The molecule has 1 fully saturated rings. The molecule has 1 amide bonds. The van der Waals surface area contributed by atoms with Gasteiger partial charge in [0.1, 0.15) is 0 Å². The largest absolute Gasteiger partial charge is 0.352 e. The summed E-state index contributed by atoms with van der Waals surface area (Å²) in [6.07, 6.45) is 6.05. The van der Waals surface area contributed by atoms with E-state index >= 15 is 0 Å². The van der Waals surface area contributed by atoms with Gasteiger partial charge in [-0.2, -0.15) is 0 Å². The highest BCUT2D eigenvalue weighted by Crippen LogP contribution is 2.17. The van der Waals surface area contributed by atoms with Crippen LogP contribution >= 0.6 is 15.9 Å². The molecule has 0 aromatic carbocycles. The maximum atomic E-state index is 11.8. The van der Waals surface area contributed by atoms with E-state index in [4.69, 9.17) is 0 Å². The number of rotatable bonds is 5. The minimum absolute atomic E-state index is 0.0978. The van der Waals surface area contributed by atoms with Crippen molar-refractivity contribution >= 4 is 21.8 Å².